The van der Waals surface area contributed by atoms with E-state index in [9.17, 15) is 4.79 Å². The van der Waals surface area contributed by atoms with E-state index in [2.05, 4.69) is 43.6 Å². The molecule has 1 spiro atoms. The number of carbonyl (C=O) groups excluding carboxylic acids is 1. The van der Waals surface area contributed by atoms with Crippen LogP contribution in [-0.4, -0.2) is 51.4 Å². The summed E-state index contributed by atoms with van der Waals surface area (Å²) < 4.78 is 2.15. The first-order valence-electron chi connectivity index (χ1n) is 10.2. The first-order valence-corrected chi connectivity index (χ1v) is 10.2. The molecule has 1 atom stereocenters. The molecule has 0 unspecified atom stereocenters. The van der Waals surface area contributed by atoms with Crippen LogP contribution in [0.2, 0.25) is 0 Å². The van der Waals surface area contributed by atoms with Crippen molar-refractivity contribution >= 4 is 5.91 Å². The van der Waals surface area contributed by atoms with E-state index in [-0.39, 0.29) is 5.41 Å². The summed E-state index contributed by atoms with van der Waals surface area (Å²) in [5.41, 5.74) is 1.52. The van der Waals surface area contributed by atoms with Crippen molar-refractivity contribution in [3.8, 4) is 0 Å². The highest BCUT2D eigenvalue weighted by molar-refractivity contribution is 5.77. The number of amides is 1. The predicted octanol–water partition coefficient (Wildman–Crippen LogP) is 3.18. The molecule has 27 heavy (non-hydrogen) atoms. The van der Waals surface area contributed by atoms with Crippen LogP contribution in [0.4, 0.5) is 0 Å². The maximum atomic E-state index is 12.5. The fraction of sp³-hybridized carbons (Fsp3) is 0.545. The Hall–Kier alpha value is -2.14. The summed E-state index contributed by atoms with van der Waals surface area (Å²) in [4.78, 5) is 21.4. The Morgan fingerprint density at radius 2 is 1.96 bits per heavy atom. The summed E-state index contributed by atoms with van der Waals surface area (Å²) in [6.45, 7) is 6.16. The molecule has 144 valence electrons. The molecule has 0 aliphatic carbocycles. The number of piperidine rings is 2. The zero-order valence-corrected chi connectivity index (χ0v) is 16.1. The van der Waals surface area contributed by atoms with Crippen LogP contribution < -0.4 is 0 Å². The number of likely N-dealkylation sites (tertiary alicyclic amines) is 2. The van der Waals surface area contributed by atoms with Crippen molar-refractivity contribution < 1.29 is 4.79 Å². The summed E-state index contributed by atoms with van der Waals surface area (Å²) in [5.74, 6) is 0.321. The lowest BCUT2D eigenvalue weighted by Crippen LogP contribution is -2.53. The number of aryl methyl sites for hydroxylation is 1. The number of imidazole rings is 1. The molecule has 0 bridgehead atoms. The van der Waals surface area contributed by atoms with Crippen LogP contribution in [0.5, 0.6) is 0 Å². The van der Waals surface area contributed by atoms with Gasteiger partial charge in [0.25, 0.3) is 0 Å². The van der Waals surface area contributed by atoms with Crippen molar-refractivity contribution in [2.45, 2.75) is 45.2 Å². The van der Waals surface area contributed by atoms with Crippen LogP contribution in [0.3, 0.4) is 0 Å². The van der Waals surface area contributed by atoms with Gasteiger partial charge in [0.05, 0.1) is 6.33 Å². The van der Waals surface area contributed by atoms with Crippen LogP contribution in [0.15, 0.2) is 49.1 Å². The van der Waals surface area contributed by atoms with Crippen molar-refractivity contribution in [1.29, 1.82) is 0 Å². The lowest BCUT2D eigenvalue weighted by molar-refractivity contribution is -0.140. The van der Waals surface area contributed by atoms with E-state index in [0.29, 0.717) is 12.3 Å². The zero-order valence-electron chi connectivity index (χ0n) is 16.1. The minimum absolute atomic E-state index is 0.288. The molecule has 2 aromatic rings. The highest BCUT2D eigenvalue weighted by Gasteiger charge is 2.41. The van der Waals surface area contributed by atoms with Gasteiger partial charge in [0.1, 0.15) is 0 Å². The van der Waals surface area contributed by atoms with Gasteiger partial charge in [-0.15, -0.1) is 0 Å². The molecule has 1 amide bonds. The summed E-state index contributed by atoms with van der Waals surface area (Å²) in [6, 6.07) is 10.4. The number of hydrogen-bond donors (Lipinski definition) is 0. The monoisotopic (exact) mass is 366 g/mol. The quantitative estimate of drug-likeness (QED) is 0.788. The van der Waals surface area contributed by atoms with Crippen molar-refractivity contribution in [3.63, 3.8) is 0 Å². The predicted molar refractivity (Wildman–Crippen MR) is 106 cm³/mol. The Balaban J connectivity index is 1.34. The number of hydrogen-bond acceptors (Lipinski definition) is 3. The van der Waals surface area contributed by atoms with Gasteiger partial charge >= 0.3 is 0 Å². The van der Waals surface area contributed by atoms with Gasteiger partial charge in [-0.05, 0) is 44.3 Å². The number of benzene rings is 1. The van der Waals surface area contributed by atoms with Gasteiger partial charge in [0, 0.05) is 50.4 Å². The van der Waals surface area contributed by atoms with E-state index in [0.717, 1.165) is 45.6 Å². The third kappa shape index (κ3) is 4.59. The van der Waals surface area contributed by atoms with Crippen molar-refractivity contribution in [2.75, 3.05) is 26.2 Å². The summed E-state index contributed by atoms with van der Waals surface area (Å²) in [5, 5.41) is 0. The third-order valence-electron chi connectivity index (χ3n) is 6.15. The van der Waals surface area contributed by atoms with E-state index < -0.39 is 0 Å². The molecule has 0 radical (unpaired) electrons. The van der Waals surface area contributed by atoms with E-state index in [1.54, 1.807) is 0 Å². The molecule has 2 saturated heterocycles. The molecule has 0 saturated carbocycles. The molecule has 4 rings (SSSR count). The lowest BCUT2D eigenvalue weighted by atomic mass is 9.73. The average molecular weight is 367 g/mol. The largest absolute Gasteiger partial charge is 0.338 e. The van der Waals surface area contributed by atoms with Crippen molar-refractivity contribution in [1.82, 2.24) is 19.4 Å². The molecular formula is C22H30N4O. The minimum atomic E-state index is 0.288. The van der Waals surface area contributed by atoms with Crippen molar-refractivity contribution in [2.24, 2.45) is 5.41 Å². The molecule has 1 aromatic carbocycles. The number of aromatic nitrogens is 2. The standard InChI is InChI=1S/C22H30N4O/c27-21-8-10-22(18-26(21)16-20-6-2-1-3-7-20)9-4-12-24(17-22)13-5-14-25-15-11-23-19-25/h1-3,6-7,11,15,19H,4-5,8-10,12-14,16-18H2/t22-/m0/s1. The maximum absolute atomic E-state index is 12.5. The topological polar surface area (TPSA) is 41.4 Å². The second-order valence-electron chi connectivity index (χ2n) is 8.27. The van der Waals surface area contributed by atoms with Crippen LogP contribution in [-0.2, 0) is 17.9 Å². The fourth-order valence-electron chi connectivity index (χ4n) is 4.78. The molecule has 5 heteroatoms. The molecule has 0 N–H and O–H groups in total. The van der Waals surface area contributed by atoms with E-state index in [4.69, 9.17) is 0 Å². The highest BCUT2D eigenvalue weighted by atomic mass is 16.2. The van der Waals surface area contributed by atoms with Gasteiger partial charge in [-0.25, -0.2) is 4.98 Å². The number of nitrogens with zero attached hydrogens (tertiary/aromatic N) is 4. The normalized spacial score (nSPS) is 23.9. The Kier molecular flexibility index (Phi) is 5.58. The van der Waals surface area contributed by atoms with Gasteiger partial charge in [-0.2, -0.15) is 0 Å². The fourth-order valence-corrected chi connectivity index (χ4v) is 4.78. The average Bonchev–Trinajstić information content (AvgIpc) is 3.20. The SMILES string of the molecule is O=C1CC[C@]2(CCCN(CCCn3ccnc3)C2)CN1Cc1ccccc1. The van der Waals surface area contributed by atoms with Crippen LogP contribution in [0.25, 0.3) is 0 Å². The van der Waals surface area contributed by atoms with Crippen LogP contribution >= 0.6 is 0 Å². The minimum Gasteiger partial charge on any atom is -0.338 e. The smallest absolute Gasteiger partial charge is 0.222 e. The number of carbonyl (C=O) groups is 1. The Labute approximate surface area is 162 Å². The summed E-state index contributed by atoms with van der Waals surface area (Å²) >= 11 is 0. The molecule has 3 heterocycles. The molecule has 5 nitrogen and oxygen atoms in total. The van der Waals surface area contributed by atoms with Gasteiger partial charge in [-0.1, -0.05) is 30.3 Å². The molecule has 1 aromatic heterocycles. The first kappa shape index (κ1) is 18.2. The number of rotatable bonds is 6. The first-order chi connectivity index (χ1) is 13.2. The zero-order chi connectivity index (χ0) is 18.5. The van der Waals surface area contributed by atoms with Gasteiger partial charge in [0.2, 0.25) is 5.91 Å². The Morgan fingerprint density at radius 3 is 2.78 bits per heavy atom. The maximum Gasteiger partial charge on any atom is 0.222 e. The van der Waals surface area contributed by atoms with E-state index in [1.807, 2.05) is 24.8 Å². The molecular weight excluding hydrogens is 336 g/mol. The van der Waals surface area contributed by atoms with Crippen LogP contribution in [0, 0.1) is 5.41 Å². The van der Waals surface area contributed by atoms with Gasteiger partial charge in [-0.3, -0.25) is 4.79 Å². The van der Waals surface area contributed by atoms with E-state index >= 15 is 0 Å². The van der Waals surface area contributed by atoms with Gasteiger partial charge < -0.3 is 14.4 Å². The molecule has 2 aliphatic heterocycles. The van der Waals surface area contributed by atoms with E-state index in [1.165, 1.54) is 24.9 Å². The Bertz CT molecular complexity index is 730. The summed E-state index contributed by atoms with van der Waals surface area (Å²) in [7, 11) is 0. The third-order valence-corrected chi connectivity index (χ3v) is 6.15. The second kappa shape index (κ2) is 8.26. The van der Waals surface area contributed by atoms with Crippen LogP contribution in [0.1, 0.15) is 37.7 Å². The van der Waals surface area contributed by atoms with Gasteiger partial charge in [0.15, 0.2) is 0 Å². The highest BCUT2D eigenvalue weighted by Crippen LogP contribution is 2.39. The van der Waals surface area contributed by atoms with Crippen molar-refractivity contribution in [3.05, 3.63) is 54.6 Å². The Morgan fingerprint density at radius 1 is 1.07 bits per heavy atom. The lowest BCUT2D eigenvalue weighted by Gasteiger charge is -2.48. The molecule has 2 fully saturated rings. The second-order valence-corrected chi connectivity index (χ2v) is 8.27. The molecule has 2 aliphatic rings. The summed E-state index contributed by atoms with van der Waals surface area (Å²) in [6.07, 6.45) is 11.2.